The summed E-state index contributed by atoms with van der Waals surface area (Å²) in [6.45, 7) is 0.651. The third-order valence-corrected chi connectivity index (χ3v) is 8.12. The van der Waals surface area contributed by atoms with Crippen molar-refractivity contribution in [2.45, 2.75) is 25.9 Å². The normalized spacial score (nSPS) is 12.9. The monoisotopic (exact) mass is 589 g/mol. The van der Waals surface area contributed by atoms with Crippen molar-refractivity contribution < 1.29 is 18.7 Å². The minimum absolute atomic E-state index is 0.0968. The summed E-state index contributed by atoms with van der Waals surface area (Å²) in [4.78, 5) is 42.6. The van der Waals surface area contributed by atoms with Gasteiger partial charge in [-0.05, 0) is 72.6 Å². The van der Waals surface area contributed by atoms with E-state index in [2.05, 4.69) is 0 Å². The molecule has 6 rings (SSSR count). The van der Waals surface area contributed by atoms with Crippen LogP contribution in [0.1, 0.15) is 38.5 Å². The number of carbonyl (C=O) groups excluding carboxylic acids is 2. The van der Waals surface area contributed by atoms with Crippen LogP contribution in [-0.4, -0.2) is 39.4 Å². The summed E-state index contributed by atoms with van der Waals surface area (Å²) in [6.07, 6.45) is 2.29. The highest BCUT2D eigenvalue weighted by Gasteiger charge is 2.32. The number of hydrogen-bond donors (Lipinski definition) is 0. The van der Waals surface area contributed by atoms with E-state index in [1.165, 1.54) is 10.6 Å². The maximum Gasteiger partial charge on any atom is 0.333 e. The molecule has 2 aromatic heterocycles. The number of ether oxygens (including phenoxy) is 1. The van der Waals surface area contributed by atoms with Crippen LogP contribution in [0.25, 0.3) is 16.7 Å². The zero-order valence-electron chi connectivity index (χ0n) is 22.1. The van der Waals surface area contributed by atoms with Crippen LogP contribution in [0.5, 0.6) is 5.75 Å². The zero-order valence-corrected chi connectivity index (χ0v) is 23.6. The maximum atomic E-state index is 13.9. The number of amides is 1. The van der Waals surface area contributed by atoms with E-state index >= 15 is 0 Å². The number of rotatable bonds is 7. The van der Waals surface area contributed by atoms with Gasteiger partial charge in [0.1, 0.15) is 17.0 Å². The largest absolute Gasteiger partial charge is 0.497 e. The van der Waals surface area contributed by atoms with Crippen LogP contribution in [0, 0.1) is 0 Å². The first-order valence-electron chi connectivity index (χ1n) is 13.1. The predicted molar refractivity (Wildman–Crippen MR) is 157 cm³/mol. The van der Waals surface area contributed by atoms with Crippen molar-refractivity contribution in [2.75, 3.05) is 13.7 Å². The average Bonchev–Trinajstić information content (AvgIpc) is 3.58. The number of methoxy groups -OCH3 is 1. The Morgan fingerprint density at radius 1 is 0.951 bits per heavy atom. The fourth-order valence-electron chi connectivity index (χ4n) is 5.25. The molecule has 0 unspecified atom stereocenters. The number of Topliss-reactive ketones (excluding diaryl/α,β-unsaturated/α-hetero) is 1. The molecular weight excluding hydrogens is 565 g/mol. The van der Waals surface area contributed by atoms with Crippen molar-refractivity contribution >= 4 is 45.9 Å². The van der Waals surface area contributed by atoms with E-state index in [1.807, 2.05) is 24.3 Å². The second-order valence-corrected chi connectivity index (χ2v) is 10.6. The molecule has 1 aliphatic rings. The maximum absolute atomic E-state index is 13.9. The lowest BCUT2D eigenvalue weighted by molar-refractivity contribution is 0.0707. The van der Waals surface area contributed by atoms with Crippen molar-refractivity contribution in [1.29, 1.82) is 0 Å². The van der Waals surface area contributed by atoms with Crippen molar-refractivity contribution in [3.63, 3.8) is 0 Å². The molecule has 0 saturated carbocycles. The molecule has 0 aliphatic carbocycles. The number of fused-ring (bicyclic) bond motifs is 2. The summed E-state index contributed by atoms with van der Waals surface area (Å²) in [7, 11) is 1.56. The number of hydrogen-bond acceptors (Lipinski definition) is 5. The lowest BCUT2D eigenvalue weighted by Crippen LogP contribution is -2.41. The molecule has 10 heteroatoms. The minimum atomic E-state index is -0.324. The van der Waals surface area contributed by atoms with Gasteiger partial charge in [-0.15, -0.1) is 0 Å². The van der Waals surface area contributed by atoms with Gasteiger partial charge in [0, 0.05) is 30.5 Å². The zero-order chi connectivity index (χ0) is 28.7. The van der Waals surface area contributed by atoms with Crippen LogP contribution in [-0.2, 0) is 19.5 Å². The number of halogens is 2. The highest BCUT2D eigenvalue weighted by Crippen LogP contribution is 2.27. The van der Waals surface area contributed by atoms with Crippen LogP contribution in [0.4, 0.5) is 0 Å². The average molecular weight is 590 g/mol. The standard InChI is InChI=1S/C31H25Cl2N3O5/c1-40-23-7-5-22(6-8-23)36-29(27(37)10-2-19-3-11-28-20(16-19)12-15-41-28)26-18-34(13-14-35(26)31(36)39)30(38)21-4-9-24(32)25(33)17-21/h3-9,11-12,15-17H,2,10,13-14,18H2,1H3. The Bertz CT molecular complexity index is 1850. The van der Waals surface area contributed by atoms with E-state index in [-0.39, 0.29) is 47.6 Å². The molecule has 208 valence electrons. The summed E-state index contributed by atoms with van der Waals surface area (Å²) in [6, 6.07) is 19.4. The Kier molecular flexibility index (Phi) is 7.19. The van der Waals surface area contributed by atoms with Gasteiger partial charge in [0.05, 0.1) is 41.3 Å². The molecule has 0 N–H and O–H groups in total. The molecule has 0 atom stereocenters. The van der Waals surface area contributed by atoms with Crippen LogP contribution in [0.2, 0.25) is 10.0 Å². The van der Waals surface area contributed by atoms with Crippen LogP contribution >= 0.6 is 23.2 Å². The van der Waals surface area contributed by atoms with Gasteiger partial charge in [0.15, 0.2) is 5.78 Å². The third kappa shape index (κ3) is 5.05. The first kappa shape index (κ1) is 26.9. The van der Waals surface area contributed by atoms with E-state index in [0.717, 1.165) is 16.5 Å². The molecule has 0 radical (unpaired) electrons. The highest BCUT2D eigenvalue weighted by molar-refractivity contribution is 6.42. The molecule has 41 heavy (non-hydrogen) atoms. The first-order chi connectivity index (χ1) is 19.8. The molecule has 8 nitrogen and oxygen atoms in total. The molecule has 3 heterocycles. The Hall–Kier alpha value is -4.27. The molecule has 0 fully saturated rings. The summed E-state index contributed by atoms with van der Waals surface area (Å²) < 4.78 is 13.7. The molecular formula is C31H25Cl2N3O5. The fourth-order valence-corrected chi connectivity index (χ4v) is 5.55. The van der Waals surface area contributed by atoms with E-state index in [1.54, 1.807) is 59.2 Å². The second-order valence-electron chi connectivity index (χ2n) is 9.83. The van der Waals surface area contributed by atoms with Gasteiger partial charge in [-0.1, -0.05) is 29.3 Å². The number of aromatic nitrogens is 2. The van der Waals surface area contributed by atoms with E-state index in [4.69, 9.17) is 32.4 Å². The van der Waals surface area contributed by atoms with Crippen molar-refractivity contribution in [2.24, 2.45) is 0 Å². The first-order valence-corrected chi connectivity index (χ1v) is 13.8. The lowest BCUT2D eigenvalue weighted by atomic mass is 10.0. The Balaban J connectivity index is 1.36. The van der Waals surface area contributed by atoms with Crippen molar-refractivity contribution in [1.82, 2.24) is 14.0 Å². The summed E-state index contributed by atoms with van der Waals surface area (Å²) >= 11 is 12.2. The number of ketones is 1. The number of benzene rings is 3. The minimum Gasteiger partial charge on any atom is -0.497 e. The van der Waals surface area contributed by atoms with Gasteiger partial charge in [0.25, 0.3) is 5.91 Å². The molecule has 0 saturated heterocycles. The Morgan fingerprint density at radius 3 is 2.51 bits per heavy atom. The van der Waals surface area contributed by atoms with Crippen molar-refractivity contribution in [3.8, 4) is 11.4 Å². The molecule has 1 amide bonds. The molecule has 0 spiro atoms. The third-order valence-electron chi connectivity index (χ3n) is 7.39. The fraction of sp³-hybridized carbons (Fsp3) is 0.194. The van der Waals surface area contributed by atoms with Crippen LogP contribution < -0.4 is 10.4 Å². The highest BCUT2D eigenvalue weighted by atomic mass is 35.5. The van der Waals surface area contributed by atoms with Crippen LogP contribution in [0.15, 0.2) is 82.2 Å². The quantitative estimate of drug-likeness (QED) is 0.212. The number of carbonyl (C=O) groups is 2. The van der Waals surface area contributed by atoms with Crippen molar-refractivity contribution in [3.05, 3.63) is 116 Å². The Labute approximate surface area is 245 Å². The van der Waals surface area contributed by atoms with Gasteiger partial charge in [0.2, 0.25) is 0 Å². The van der Waals surface area contributed by atoms with Gasteiger partial charge in [-0.3, -0.25) is 18.7 Å². The number of imidazole rings is 1. The van der Waals surface area contributed by atoms with Gasteiger partial charge >= 0.3 is 5.69 Å². The summed E-state index contributed by atoms with van der Waals surface area (Å²) in [5.74, 6) is 0.181. The van der Waals surface area contributed by atoms with Gasteiger partial charge in [-0.2, -0.15) is 0 Å². The Morgan fingerprint density at radius 2 is 1.76 bits per heavy atom. The van der Waals surface area contributed by atoms with Gasteiger partial charge < -0.3 is 14.1 Å². The molecule has 1 aliphatic heterocycles. The number of furan rings is 1. The van der Waals surface area contributed by atoms with E-state index < -0.39 is 0 Å². The molecule has 5 aromatic rings. The topological polar surface area (TPSA) is 86.7 Å². The number of aryl methyl sites for hydroxylation is 1. The second kappa shape index (κ2) is 11.0. The SMILES string of the molecule is COc1ccc(-n2c(C(=O)CCc3ccc4occc4c3)c3n(c2=O)CCN(C(=O)c2ccc(Cl)c(Cl)c2)C3)cc1. The van der Waals surface area contributed by atoms with Crippen LogP contribution in [0.3, 0.4) is 0 Å². The molecule has 0 bridgehead atoms. The van der Waals surface area contributed by atoms with E-state index in [9.17, 15) is 14.4 Å². The molecule has 3 aromatic carbocycles. The smallest absolute Gasteiger partial charge is 0.333 e. The summed E-state index contributed by atoms with van der Waals surface area (Å²) in [5, 5.41) is 1.59. The van der Waals surface area contributed by atoms with E-state index in [0.29, 0.717) is 40.7 Å². The van der Waals surface area contributed by atoms with Gasteiger partial charge in [-0.25, -0.2) is 4.79 Å². The summed E-state index contributed by atoms with van der Waals surface area (Å²) in [5.41, 5.74) is 3.14. The number of nitrogens with zero attached hydrogens (tertiary/aromatic N) is 3. The predicted octanol–water partition coefficient (Wildman–Crippen LogP) is 6.17. The lowest BCUT2D eigenvalue weighted by Gasteiger charge is -2.28.